The van der Waals surface area contributed by atoms with Gasteiger partial charge in [0, 0.05) is 12.6 Å². The number of nitrogens with zero attached hydrogens (tertiary/aromatic N) is 1. The summed E-state index contributed by atoms with van der Waals surface area (Å²) in [5.74, 6) is -0.151. The number of nitriles is 1. The number of hydrogen-bond acceptors (Lipinski definition) is 3. The number of aromatic hydroxyl groups is 1. The molecule has 1 amide bonds. The van der Waals surface area contributed by atoms with E-state index >= 15 is 0 Å². The molecule has 0 unspecified atom stereocenters. The number of nitrogens with one attached hydrogen (secondary N) is 1. The van der Waals surface area contributed by atoms with Gasteiger partial charge in [-0.15, -0.1) is 0 Å². The van der Waals surface area contributed by atoms with Gasteiger partial charge in [0.05, 0.1) is 11.6 Å². The van der Waals surface area contributed by atoms with Crippen molar-refractivity contribution in [2.45, 2.75) is 0 Å². The smallest absolute Gasteiger partial charge is 0.251 e. The first-order chi connectivity index (χ1) is 9.13. The topological polar surface area (TPSA) is 73.1 Å². The Morgan fingerprint density at radius 2 is 2.00 bits per heavy atom. The Balaban J connectivity index is 2.50. The van der Waals surface area contributed by atoms with Crippen molar-refractivity contribution in [3.05, 3.63) is 53.6 Å². The first-order valence-corrected chi connectivity index (χ1v) is 5.70. The summed E-state index contributed by atoms with van der Waals surface area (Å²) in [6, 6.07) is 13.6. The molecule has 2 rings (SSSR count). The third-order valence-electron chi connectivity index (χ3n) is 2.73. The Morgan fingerprint density at radius 1 is 1.21 bits per heavy atom. The number of hydrogen-bond donors (Lipinski definition) is 2. The monoisotopic (exact) mass is 252 g/mol. The van der Waals surface area contributed by atoms with E-state index in [1.54, 1.807) is 37.4 Å². The van der Waals surface area contributed by atoms with E-state index in [0.29, 0.717) is 16.7 Å². The SMILES string of the molecule is CNC(=O)c1cccc(-c2cc(O)cc(C#N)c2)c1. The first-order valence-electron chi connectivity index (χ1n) is 5.70. The Morgan fingerprint density at radius 3 is 2.68 bits per heavy atom. The average Bonchev–Trinajstić information content (AvgIpc) is 2.45. The number of phenolic OH excluding ortho intramolecular Hbond substituents is 1. The molecule has 94 valence electrons. The summed E-state index contributed by atoms with van der Waals surface area (Å²) in [6.07, 6.45) is 0. The van der Waals surface area contributed by atoms with Crippen LogP contribution in [0.25, 0.3) is 11.1 Å². The molecule has 0 radical (unpaired) electrons. The van der Waals surface area contributed by atoms with E-state index < -0.39 is 0 Å². The predicted octanol–water partition coefficient (Wildman–Crippen LogP) is 2.29. The van der Waals surface area contributed by atoms with Crippen LogP contribution < -0.4 is 5.32 Å². The standard InChI is InChI=1S/C15H12N2O2/c1-17-15(19)12-4-2-3-11(7-12)13-5-10(9-16)6-14(18)8-13/h2-8,18H,1H3,(H,17,19). The molecule has 2 N–H and O–H groups in total. The molecule has 0 heterocycles. The molecule has 0 spiro atoms. The Hall–Kier alpha value is -2.80. The van der Waals surface area contributed by atoms with Crippen LogP contribution in [0.5, 0.6) is 5.75 Å². The minimum Gasteiger partial charge on any atom is -0.508 e. The van der Waals surface area contributed by atoms with Crippen LogP contribution in [0, 0.1) is 11.3 Å². The lowest BCUT2D eigenvalue weighted by atomic mass is 10.0. The molecule has 19 heavy (non-hydrogen) atoms. The predicted molar refractivity (Wildman–Crippen MR) is 71.6 cm³/mol. The third kappa shape index (κ3) is 2.72. The van der Waals surface area contributed by atoms with Crippen molar-refractivity contribution < 1.29 is 9.90 Å². The van der Waals surface area contributed by atoms with Crippen LogP contribution in [0.2, 0.25) is 0 Å². The molecule has 0 aliphatic rings. The van der Waals surface area contributed by atoms with Gasteiger partial charge in [-0.25, -0.2) is 0 Å². The Labute approximate surface area is 110 Å². The van der Waals surface area contributed by atoms with Gasteiger partial charge in [0.25, 0.3) is 5.91 Å². The summed E-state index contributed by atoms with van der Waals surface area (Å²) in [5, 5.41) is 21.0. The second-order valence-electron chi connectivity index (χ2n) is 4.04. The van der Waals surface area contributed by atoms with E-state index in [2.05, 4.69) is 5.32 Å². The maximum absolute atomic E-state index is 11.6. The van der Waals surface area contributed by atoms with Gasteiger partial charge in [0.1, 0.15) is 5.75 Å². The largest absolute Gasteiger partial charge is 0.508 e. The number of carbonyl (C=O) groups excluding carboxylic acids is 1. The van der Waals surface area contributed by atoms with Crippen LogP contribution in [0.3, 0.4) is 0 Å². The van der Waals surface area contributed by atoms with Crippen molar-refractivity contribution in [2.24, 2.45) is 0 Å². The summed E-state index contributed by atoms with van der Waals surface area (Å²) in [7, 11) is 1.57. The Bertz CT molecular complexity index is 672. The second kappa shape index (κ2) is 5.23. The summed E-state index contributed by atoms with van der Waals surface area (Å²) in [4.78, 5) is 11.6. The minimum atomic E-state index is -0.178. The van der Waals surface area contributed by atoms with Gasteiger partial charge in [0.15, 0.2) is 0 Å². The fourth-order valence-corrected chi connectivity index (χ4v) is 1.83. The van der Waals surface area contributed by atoms with E-state index in [1.165, 1.54) is 6.07 Å². The van der Waals surface area contributed by atoms with Crippen LogP contribution >= 0.6 is 0 Å². The average molecular weight is 252 g/mol. The van der Waals surface area contributed by atoms with Crippen LogP contribution in [-0.4, -0.2) is 18.1 Å². The summed E-state index contributed by atoms with van der Waals surface area (Å²) < 4.78 is 0. The van der Waals surface area contributed by atoms with E-state index in [1.807, 2.05) is 12.1 Å². The molecule has 0 fully saturated rings. The summed E-state index contributed by atoms with van der Waals surface area (Å²) >= 11 is 0. The zero-order valence-electron chi connectivity index (χ0n) is 10.3. The maximum atomic E-state index is 11.6. The van der Waals surface area contributed by atoms with Crippen LogP contribution in [0.4, 0.5) is 0 Å². The molecule has 0 aromatic heterocycles. The maximum Gasteiger partial charge on any atom is 0.251 e. The summed E-state index contributed by atoms with van der Waals surface area (Å²) in [5.41, 5.74) is 2.37. The van der Waals surface area contributed by atoms with E-state index in [4.69, 9.17) is 5.26 Å². The molecule has 0 saturated carbocycles. The van der Waals surface area contributed by atoms with Crippen molar-refractivity contribution in [1.82, 2.24) is 5.32 Å². The van der Waals surface area contributed by atoms with Crippen molar-refractivity contribution >= 4 is 5.91 Å². The lowest BCUT2D eigenvalue weighted by molar-refractivity contribution is 0.0963. The number of phenols is 1. The van der Waals surface area contributed by atoms with Crippen molar-refractivity contribution in [3.8, 4) is 22.9 Å². The lowest BCUT2D eigenvalue weighted by Crippen LogP contribution is -2.17. The fourth-order valence-electron chi connectivity index (χ4n) is 1.83. The third-order valence-corrected chi connectivity index (χ3v) is 2.73. The molecule has 0 aliphatic heterocycles. The van der Waals surface area contributed by atoms with Gasteiger partial charge >= 0.3 is 0 Å². The zero-order chi connectivity index (χ0) is 13.8. The number of amides is 1. The molecule has 0 saturated heterocycles. The Kier molecular flexibility index (Phi) is 3.48. The lowest BCUT2D eigenvalue weighted by Gasteiger charge is -2.06. The minimum absolute atomic E-state index is 0.0272. The zero-order valence-corrected chi connectivity index (χ0v) is 10.3. The highest BCUT2D eigenvalue weighted by Gasteiger charge is 2.07. The van der Waals surface area contributed by atoms with Gasteiger partial charge in [-0.1, -0.05) is 12.1 Å². The summed E-state index contributed by atoms with van der Waals surface area (Å²) in [6.45, 7) is 0. The highest BCUT2D eigenvalue weighted by atomic mass is 16.3. The van der Waals surface area contributed by atoms with Crippen molar-refractivity contribution in [3.63, 3.8) is 0 Å². The van der Waals surface area contributed by atoms with Gasteiger partial charge < -0.3 is 10.4 Å². The molecule has 0 aliphatic carbocycles. The van der Waals surface area contributed by atoms with Gasteiger partial charge in [-0.05, 0) is 41.5 Å². The van der Waals surface area contributed by atoms with E-state index in [0.717, 1.165) is 5.56 Å². The van der Waals surface area contributed by atoms with Gasteiger partial charge in [-0.2, -0.15) is 5.26 Å². The van der Waals surface area contributed by atoms with Crippen LogP contribution in [0.15, 0.2) is 42.5 Å². The van der Waals surface area contributed by atoms with Gasteiger partial charge in [0.2, 0.25) is 0 Å². The van der Waals surface area contributed by atoms with E-state index in [-0.39, 0.29) is 11.7 Å². The molecule has 2 aromatic rings. The molecule has 0 atom stereocenters. The van der Waals surface area contributed by atoms with Crippen molar-refractivity contribution in [1.29, 1.82) is 5.26 Å². The number of rotatable bonds is 2. The molecular weight excluding hydrogens is 240 g/mol. The molecule has 4 nitrogen and oxygen atoms in total. The van der Waals surface area contributed by atoms with Crippen LogP contribution in [-0.2, 0) is 0 Å². The molecule has 4 heteroatoms. The highest BCUT2D eigenvalue weighted by Crippen LogP contribution is 2.26. The number of benzene rings is 2. The van der Waals surface area contributed by atoms with Crippen molar-refractivity contribution in [2.75, 3.05) is 7.05 Å². The fraction of sp³-hybridized carbons (Fsp3) is 0.0667. The quantitative estimate of drug-likeness (QED) is 0.861. The number of carbonyl (C=O) groups is 1. The van der Waals surface area contributed by atoms with Crippen LogP contribution in [0.1, 0.15) is 15.9 Å². The molecule has 0 bridgehead atoms. The molecule has 2 aromatic carbocycles. The molecular formula is C15H12N2O2. The second-order valence-corrected chi connectivity index (χ2v) is 4.04. The normalized spacial score (nSPS) is 9.68. The van der Waals surface area contributed by atoms with Gasteiger partial charge in [-0.3, -0.25) is 4.79 Å². The van der Waals surface area contributed by atoms with E-state index in [9.17, 15) is 9.90 Å². The first kappa shape index (κ1) is 12.7. The highest BCUT2D eigenvalue weighted by molar-refractivity contribution is 5.95.